The molecule has 0 bridgehead atoms. The molecule has 1 heterocycles. The number of benzene rings is 1. The summed E-state index contributed by atoms with van der Waals surface area (Å²) in [5.74, 6) is 0. The summed E-state index contributed by atoms with van der Waals surface area (Å²) in [6, 6.07) is 10.0. The van der Waals surface area contributed by atoms with Crippen molar-refractivity contribution in [1.82, 2.24) is 5.32 Å². The van der Waals surface area contributed by atoms with Crippen LogP contribution >= 0.6 is 0 Å². The predicted molar refractivity (Wildman–Crippen MR) is 66.5 cm³/mol. The van der Waals surface area contributed by atoms with Gasteiger partial charge in [0.1, 0.15) is 0 Å². The Balaban J connectivity index is 1.72. The molecule has 1 aromatic carbocycles. The fraction of sp³-hybridized carbons (Fsp3) is 0.538. The molecule has 1 fully saturated rings. The van der Waals surface area contributed by atoms with Crippen LogP contribution in [0.15, 0.2) is 30.3 Å². The highest BCUT2D eigenvalue weighted by Crippen LogP contribution is 2.26. The second-order valence-corrected chi connectivity index (χ2v) is 4.18. The van der Waals surface area contributed by atoms with Crippen molar-refractivity contribution < 1.29 is 9.47 Å². The summed E-state index contributed by atoms with van der Waals surface area (Å²) in [4.78, 5) is 0. The van der Waals surface area contributed by atoms with Gasteiger partial charge in [-0.25, -0.2) is 0 Å². The van der Waals surface area contributed by atoms with Gasteiger partial charge < -0.3 is 20.5 Å². The summed E-state index contributed by atoms with van der Waals surface area (Å²) >= 11 is 0. The smallest absolute Gasteiger partial charge is 0.184 e. The largest absolute Gasteiger partial charge is 0.346 e. The highest BCUT2D eigenvalue weighted by Gasteiger charge is 2.26. The van der Waals surface area contributed by atoms with Crippen LogP contribution in [-0.2, 0) is 9.47 Å². The van der Waals surface area contributed by atoms with Crippen molar-refractivity contribution in [3.63, 3.8) is 0 Å². The number of nitrogens with two attached hydrogens (primary N) is 1. The van der Waals surface area contributed by atoms with E-state index in [9.17, 15) is 0 Å². The standard InChI is InChI=1S/C13H20N2O2/c14-7-4-8-15-9-12-10-16-13(17-12)11-5-2-1-3-6-11/h1-3,5-6,12-13,15H,4,7-10,14H2. The molecule has 4 nitrogen and oxygen atoms in total. The van der Waals surface area contributed by atoms with E-state index >= 15 is 0 Å². The third-order valence-electron chi connectivity index (χ3n) is 2.75. The van der Waals surface area contributed by atoms with Gasteiger partial charge >= 0.3 is 0 Å². The molecule has 0 amide bonds. The van der Waals surface area contributed by atoms with Crippen molar-refractivity contribution in [2.75, 3.05) is 26.2 Å². The average Bonchev–Trinajstić information content (AvgIpc) is 2.85. The maximum Gasteiger partial charge on any atom is 0.184 e. The molecule has 0 saturated carbocycles. The van der Waals surface area contributed by atoms with E-state index in [-0.39, 0.29) is 12.4 Å². The number of hydrogen-bond acceptors (Lipinski definition) is 4. The highest BCUT2D eigenvalue weighted by molar-refractivity contribution is 5.16. The van der Waals surface area contributed by atoms with Crippen molar-refractivity contribution in [1.29, 1.82) is 0 Å². The Morgan fingerprint density at radius 1 is 1.29 bits per heavy atom. The summed E-state index contributed by atoms with van der Waals surface area (Å²) < 4.78 is 11.4. The van der Waals surface area contributed by atoms with E-state index in [4.69, 9.17) is 15.2 Å². The molecule has 0 spiro atoms. The number of nitrogens with one attached hydrogen (secondary N) is 1. The van der Waals surface area contributed by atoms with Crippen LogP contribution < -0.4 is 11.1 Å². The molecule has 94 valence electrons. The number of ether oxygens (including phenoxy) is 2. The molecule has 3 N–H and O–H groups in total. The van der Waals surface area contributed by atoms with Crippen LogP contribution in [-0.4, -0.2) is 32.3 Å². The van der Waals surface area contributed by atoms with E-state index in [0.29, 0.717) is 6.61 Å². The van der Waals surface area contributed by atoms with E-state index in [1.807, 2.05) is 30.3 Å². The van der Waals surface area contributed by atoms with Crippen LogP contribution in [0.2, 0.25) is 0 Å². The molecule has 4 heteroatoms. The molecular weight excluding hydrogens is 216 g/mol. The van der Waals surface area contributed by atoms with Gasteiger partial charge in [-0.3, -0.25) is 0 Å². The van der Waals surface area contributed by atoms with Crippen LogP contribution in [0.4, 0.5) is 0 Å². The van der Waals surface area contributed by atoms with Gasteiger partial charge in [0.2, 0.25) is 0 Å². The molecular formula is C13H20N2O2. The molecule has 0 aromatic heterocycles. The molecule has 0 aliphatic carbocycles. The zero-order valence-electron chi connectivity index (χ0n) is 9.97. The number of hydrogen-bond donors (Lipinski definition) is 2. The maximum atomic E-state index is 5.81. The fourth-order valence-electron chi connectivity index (χ4n) is 1.83. The minimum absolute atomic E-state index is 0.137. The number of rotatable bonds is 6. The highest BCUT2D eigenvalue weighted by atomic mass is 16.7. The van der Waals surface area contributed by atoms with Gasteiger partial charge in [-0.1, -0.05) is 30.3 Å². The van der Waals surface area contributed by atoms with Crippen molar-refractivity contribution in [3.8, 4) is 0 Å². The Morgan fingerprint density at radius 3 is 2.88 bits per heavy atom. The Hall–Kier alpha value is -0.940. The third kappa shape index (κ3) is 3.78. The summed E-state index contributed by atoms with van der Waals surface area (Å²) in [6.07, 6.45) is 0.922. The minimum Gasteiger partial charge on any atom is -0.346 e. The monoisotopic (exact) mass is 236 g/mol. The van der Waals surface area contributed by atoms with E-state index in [2.05, 4.69) is 5.32 Å². The minimum atomic E-state index is -0.211. The third-order valence-corrected chi connectivity index (χ3v) is 2.75. The average molecular weight is 236 g/mol. The van der Waals surface area contributed by atoms with Crippen molar-refractivity contribution in [2.45, 2.75) is 18.8 Å². The maximum absolute atomic E-state index is 5.81. The first-order valence-corrected chi connectivity index (χ1v) is 6.13. The van der Waals surface area contributed by atoms with E-state index in [1.165, 1.54) is 0 Å². The van der Waals surface area contributed by atoms with E-state index < -0.39 is 0 Å². The van der Waals surface area contributed by atoms with Crippen LogP contribution in [0.5, 0.6) is 0 Å². The summed E-state index contributed by atoms with van der Waals surface area (Å²) in [5, 5.41) is 3.32. The lowest BCUT2D eigenvalue weighted by atomic mass is 10.2. The topological polar surface area (TPSA) is 56.5 Å². The first-order valence-electron chi connectivity index (χ1n) is 6.13. The molecule has 1 aliphatic rings. The first kappa shape index (κ1) is 12.5. The lowest BCUT2D eigenvalue weighted by Gasteiger charge is -2.12. The van der Waals surface area contributed by atoms with Gasteiger partial charge in [0.15, 0.2) is 6.29 Å². The van der Waals surface area contributed by atoms with Gasteiger partial charge in [0.05, 0.1) is 12.7 Å². The zero-order valence-corrected chi connectivity index (χ0v) is 9.97. The zero-order chi connectivity index (χ0) is 11.9. The van der Waals surface area contributed by atoms with E-state index in [1.54, 1.807) is 0 Å². The van der Waals surface area contributed by atoms with Crippen LogP contribution in [0.1, 0.15) is 18.3 Å². The van der Waals surface area contributed by atoms with Crippen LogP contribution in [0.3, 0.4) is 0 Å². The SMILES string of the molecule is NCCCNCC1COC(c2ccccc2)O1. The summed E-state index contributed by atoms with van der Waals surface area (Å²) in [5.41, 5.74) is 6.51. The molecule has 17 heavy (non-hydrogen) atoms. The Bertz CT molecular complexity index is 318. The van der Waals surface area contributed by atoms with Gasteiger partial charge in [-0.15, -0.1) is 0 Å². The Morgan fingerprint density at radius 2 is 2.12 bits per heavy atom. The molecule has 1 aromatic rings. The van der Waals surface area contributed by atoms with Crippen molar-refractivity contribution >= 4 is 0 Å². The summed E-state index contributed by atoms with van der Waals surface area (Å²) in [6.45, 7) is 3.13. The van der Waals surface area contributed by atoms with Crippen molar-refractivity contribution in [2.24, 2.45) is 5.73 Å². The fourth-order valence-corrected chi connectivity index (χ4v) is 1.83. The summed E-state index contributed by atoms with van der Waals surface area (Å²) in [7, 11) is 0. The van der Waals surface area contributed by atoms with Gasteiger partial charge in [-0.2, -0.15) is 0 Å². The molecule has 1 aliphatic heterocycles. The lowest BCUT2D eigenvalue weighted by Crippen LogP contribution is -2.30. The molecule has 2 rings (SSSR count). The Kier molecular flexibility index (Phi) is 4.94. The molecule has 2 unspecified atom stereocenters. The second kappa shape index (κ2) is 6.71. The van der Waals surface area contributed by atoms with E-state index in [0.717, 1.165) is 31.6 Å². The molecule has 2 atom stereocenters. The second-order valence-electron chi connectivity index (χ2n) is 4.18. The van der Waals surface area contributed by atoms with Crippen molar-refractivity contribution in [3.05, 3.63) is 35.9 Å². The Labute approximate surface area is 102 Å². The molecule has 0 radical (unpaired) electrons. The quantitative estimate of drug-likeness (QED) is 0.725. The van der Waals surface area contributed by atoms with Gasteiger partial charge in [-0.05, 0) is 19.5 Å². The van der Waals surface area contributed by atoms with Crippen LogP contribution in [0, 0.1) is 0 Å². The predicted octanol–water partition coefficient (Wildman–Crippen LogP) is 1.04. The van der Waals surface area contributed by atoms with Gasteiger partial charge in [0.25, 0.3) is 0 Å². The lowest BCUT2D eigenvalue weighted by molar-refractivity contribution is -0.0595. The molecule has 1 saturated heterocycles. The normalized spacial score (nSPS) is 24.1. The van der Waals surface area contributed by atoms with Gasteiger partial charge in [0, 0.05) is 12.1 Å². The van der Waals surface area contributed by atoms with Crippen LogP contribution in [0.25, 0.3) is 0 Å². The first-order chi connectivity index (χ1) is 8.40.